The van der Waals surface area contributed by atoms with Gasteiger partial charge in [-0.3, -0.25) is 15.1 Å². The summed E-state index contributed by atoms with van der Waals surface area (Å²) in [6.45, 7) is 3.32. The summed E-state index contributed by atoms with van der Waals surface area (Å²) < 4.78 is 0. The molecule has 14 heavy (non-hydrogen) atoms. The van der Waals surface area contributed by atoms with Crippen LogP contribution in [0.1, 0.15) is 18.2 Å². The first kappa shape index (κ1) is 10.6. The van der Waals surface area contributed by atoms with E-state index in [1.165, 1.54) is 6.07 Å². The van der Waals surface area contributed by atoms with Crippen LogP contribution in [0.25, 0.3) is 0 Å². The first-order valence-electron chi connectivity index (χ1n) is 4.28. The molecule has 0 aromatic carbocycles. The quantitative estimate of drug-likeness (QED) is 0.582. The van der Waals surface area contributed by atoms with E-state index in [4.69, 9.17) is 5.11 Å². The topological polar surface area (TPSA) is 76.3 Å². The minimum Gasteiger partial charge on any atom is -0.393 e. The van der Waals surface area contributed by atoms with Gasteiger partial charge >= 0.3 is 0 Å². The van der Waals surface area contributed by atoms with Crippen molar-refractivity contribution in [1.82, 2.24) is 4.98 Å². The van der Waals surface area contributed by atoms with E-state index in [0.717, 1.165) is 5.56 Å². The van der Waals surface area contributed by atoms with Crippen LogP contribution in [-0.2, 0) is 6.42 Å². The molecule has 0 aliphatic carbocycles. The molecule has 0 saturated carbocycles. The summed E-state index contributed by atoms with van der Waals surface area (Å²) in [7, 11) is 0. The van der Waals surface area contributed by atoms with Crippen molar-refractivity contribution in [1.29, 1.82) is 0 Å². The molecule has 1 unspecified atom stereocenters. The Morgan fingerprint density at radius 3 is 2.86 bits per heavy atom. The third-order valence-electron chi connectivity index (χ3n) is 1.77. The highest BCUT2D eigenvalue weighted by Crippen LogP contribution is 2.18. The third-order valence-corrected chi connectivity index (χ3v) is 1.77. The van der Waals surface area contributed by atoms with Gasteiger partial charge in [0.1, 0.15) is 5.69 Å². The summed E-state index contributed by atoms with van der Waals surface area (Å²) in [5, 5.41) is 19.8. The monoisotopic (exact) mass is 196 g/mol. The van der Waals surface area contributed by atoms with E-state index >= 15 is 0 Å². The molecular formula is C9H12N2O3. The average Bonchev–Trinajstić information content (AvgIpc) is 2.07. The van der Waals surface area contributed by atoms with Crippen molar-refractivity contribution in [3.8, 4) is 0 Å². The van der Waals surface area contributed by atoms with Gasteiger partial charge in [-0.2, -0.15) is 0 Å². The van der Waals surface area contributed by atoms with E-state index in [2.05, 4.69) is 4.98 Å². The highest BCUT2D eigenvalue weighted by molar-refractivity contribution is 5.37. The Hall–Kier alpha value is -1.49. The van der Waals surface area contributed by atoms with Crippen LogP contribution in [0.3, 0.4) is 0 Å². The number of nitro groups is 1. The standard InChI is InChI=1S/C9H12N2O3/c1-6-3-9(11(13)14)8(10-5-6)4-7(2)12/h3,5,7,12H,4H2,1-2H3. The van der Waals surface area contributed by atoms with E-state index in [0.29, 0.717) is 5.69 Å². The predicted molar refractivity (Wildman–Crippen MR) is 51.0 cm³/mol. The lowest BCUT2D eigenvalue weighted by Gasteiger charge is -2.04. The largest absolute Gasteiger partial charge is 0.393 e. The lowest BCUT2D eigenvalue weighted by Crippen LogP contribution is -2.08. The molecule has 5 heteroatoms. The summed E-state index contributed by atoms with van der Waals surface area (Å²) in [6, 6.07) is 1.46. The molecule has 0 amide bonds. The number of rotatable bonds is 3. The molecule has 1 aromatic rings. The zero-order chi connectivity index (χ0) is 10.7. The molecule has 1 aromatic heterocycles. The van der Waals surface area contributed by atoms with Gasteiger partial charge in [0, 0.05) is 18.7 Å². The van der Waals surface area contributed by atoms with Crippen molar-refractivity contribution in [3.63, 3.8) is 0 Å². The van der Waals surface area contributed by atoms with Gasteiger partial charge in [0.2, 0.25) is 0 Å². The van der Waals surface area contributed by atoms with Gasteiger partial charge in [-0.25, -0.2) is 0 Å². The SMILES string of the molecule is Cc1cnc(CC(C)O)c([N+](=O)[O-])c1. The van der Waals surface area contributed by atoms with E-state index in [9.17, 15) is 10.1 Å². The Morgan fingerprint density at radius 2 is 2.36 bits per heavy atom. The average molecular weight is 196 g/mol. The fraction of sp³-hybridized carbons (Fsp3) is 0.444. The summed E-state index contributed by atoms with van der Waals surface area (Å²) in [5.74, 6) is 0. The number of hydrogen-bond acceptors (Lipinski definition) is 4. The van der Waals surface area contributed by atoms with Crippen LogP contribution in [0.15, 0.2) is 12.3 Å². The Labute approximate surface area is 81.6 Å². The van der Waals surface area contributed by atoms with E-state index in [1.54, 1.807) is 20.0 Å². The van der Waals surface area contributed by atoms with Crippen LogP contribution in [0.2, 0.25) is 0 Å². The second-order valence-electron chi connectivity index (χ2n) is 3.29. The molecule has 0 aliphatic heterocycles. The third kappa shape index (κ3) is 2.50. The van der Waals surface area contributed by atoms with Gasteiger partial charge in [-0.05, 0) is 19.4 Å². The number of hydrogen-bond donors (Lipinski definition) is 1. The van der Waals surface area contributed by atoms with Crippen LogP contribution >= 0.6 is 0 Å². The fourth-order valence-corrected chi connectivity index (χ4v) is 1.18. The molecule has 1 N–H and O–H groups in total. The molecule has 0 fully saturated rings. The highest BCUT2D eigenvalue weighted by atomic mass is 16.6. The Balaban J connectivity index is 3.08. The van der Waals surface area contributed by atoms with E-state index in [1.807, 2.05) is 0 Å². The summed E-state index contributed by atoms with van der Waals surface area (Å²) in [4.78, 5) is 14.1. The normalized spacial score (nSPS) is 12.5. The molecule has 1 atom stereocenters. The molecule has 1 rings (SSSR count). The van der Waals surface area contributed by atoms with Gasteiger partial charge in [0.25, 0.3) is 5.69 Å². The minimum atomic E-state index is -0.621. The number of nitrogens with zero attached hydrogens (tertiary/aromatic N) is 2. The molecule has 76 valence electrons. The van der Waals surface area contributed by atoms with Crippen molar-refractivity contribution >= 4 is 5.69 Å². The molecule has 0 saturated heterocycles. The van der Waals surface area contributed by atoms with Crippen LogP contribution in [-0.4, -0.2) is 21.1 Å². The summed E-state index contributed by atoms with van der Waals surface area (Å²) in [5.41, 5.74) is 1.05. The van der Waals surface area contributed by atoms with Crippen molar-refractivity contribution in [2.24, 2.45) is 0 Å². The van der Waals surface area contributed by atoms with Gasteiger partial charge in [-0.15, -0.1) is 0 Å². The van der Waals surface area contributed by atoms with Gasteiger partial charge in [0.05, 0.1) is 11.0 Å². The summed E-state index contributed by atoms with van der Waals surface area (Å²) >= 11 is 0. The number of aliphatic hydroxyl groups excluding tert-OH is 1. The second-order valence-corrected chi connectivity index (χ2v) is 3.29. The molecule has 0 aliphatic rings. The smallest absolute Gasteiger partial charge is 0.291 e. The van der Waals surface area contributed by atoms with Crippen molar-refractivity contribution < 1.29 is 10.0 Å². The molecular weight excluding hydrogens is 184 g/mol. The van der Waals surface area contributed by atoms with E-state index < -0.39 is 11.0 Å². The minimum absolute atomic E-state index is 0.0223. The number of aliphatic hydroxyl groups is 1. The van der Waals surface area contributed by atoms with Gasteiger partial charge < -0.3 is 5.11 Å². The van der Waals surface area contributed by atoms with Crippen LogP contribution < -0.4 is 0 Å². The highest BCUT2D eigenvalue weighted by Gasteiger charge is 2.16. The van der Waals surface area contributed by atoms with Crippen LogP contribution in [0.4, 0.5) is 5.69 Å². The lowest BCUT2D eigenvalue weighted by molar-refractivity contribution is -0.386. The molecule has 0 radical (unpaired) electrons. The Bertz CT molecular complexity index is 350. The summed E-state index contributed by atoms with van der Waals surface area (Å²) in [6.07, 6.45) is 1.14. The second kappa shape index (κ2) is 4.15. The van der Waals surface area contributed by atoms with Crippen molar-refractivity contribution in [2.45, 2.75) is 26.4 Å². The molecule has 5 nitrogen and oxygen atoms in total. The van der Waals surface area contributed by atoms with Crippen LogP contribution in [0.5, 0.6) is 0 Å². The maximum atomic E-state index is 10.6. The van der Waals surface area contributed by atoms with E-state index in [-0.39, 0.29) is 12.1 Å². The Morgan fingerprint density at radius 1 is 1.71 bits per heavy atom. The van der Waals surface area contributed by atoms with Crippen molar-refractivity contribution in [2.75, 3.05) is 0 Å². The number of pyridine rings is 1. The van der Waals surface area contributed by atoms with Gasteiger partial charge in [0.15, 0.2) is 0 Å². The number of aryl methyl sites for hydroxylation is 1. The maximum Gasteiger partial charge on any atom is 0.291 e. The molecule has 1 heterocycles. The zero-order valence-electron chi connectivity index (χ0n) is 8.10. The molecule has 0 bridgehead atoms. The first-order valence-corrected chi connectivity index (χ1v) is 4.28. The first-order chi connectivity index (χ1) is 6.50. The molecule has 0 spiro atoms. The fourth-order valence-electron chi connectivity index (χ4n) is 1.18. The maximum absolute atomic E-state index is 10.6. The zero-order valence-corrected chi connectivity index (χ0v) is 8.10. The van der Waals surface area contributed by atoms with Gasteiger partial charge in [-0.1, -0.05) is 0 Å². The predicted octanol–water partition coefficient (Wildman–Crippen LogP) is 1.22. The Kier molecular flexibility index (Phi) is 3.14. The number of aromatic nitrogens is 1. The lowest BCUT2D eigenvalue weighted by atomic mass is 10.1. The van der Waals surface area contributed by atoms with Crippen LogP contribution in [0, 0.1) is 17.0 Å². The van der Waals surface area contributed by atoms with Crippen molar-refractivity contribution in [3.05, 3.63) is 33.6 Å².